The Morgan fingerprint density at radius 3 is 2.36 bits per heavy atom. The maximum atomic E-state index is 15.3. The van der Waals surface area contributed by atoms with E-state index in [2.05, 4.69) is 10.4 Å². The highest BCUT2D eigenvalue weighted by Crippen LogP contribution is 2.65. The summed E-state index contributed by atoms with van der Waals surface area (Å²) in [5.41, 5.74) is 5.54. The SMILES string of the molecule is O=C(O)c1cccc(C2CC23C(=O)Nc2cc(F)c(-c4ccc(-c5ccc(-n6cccn6)cc5)cc4)cc23)c1. The molecule has 7 heteroatoms. The third-order valence-corrected chi connectivity index (χ3v) is 7.90. The second-order valence-corrected chi connectivity index (χ2v) is 10.1. The van der Waals surface area contributed by atoms with Crippen LogP contribution in [0.1, 0.15) is 33.8 Å². The van der Waals surface area contributed by atoms with E-state index in [1.54, 1.807) is 29.1 Å². The van der Waals surface area contributed by atoms with Crippen molar-refractivity contribution in [2.45, 2.75) is 17.8 Å². The second kappa shape index (κ2) is 8.49. The first kappa shape index (κ1) is 23.1. The number of anilines is 1. The van der Waals surface area contributed by atoms with Gasteiger partial charge < -0.3 is 10.4 Å². The lowest BCUT2D eigenvalue weighted by Gasteiger charge is -2.12. The van der Waals surface area contributed by atoms with Crippen LogP contribution in [0.15, 0.2) is 103 Å². The predicted octanol–water partition coefficient (Wildman–Crippen LogP) is 6.42. The number of carboxylic acids is 1. The van der Waals surface area contributed by atoms with Crippen molar-refractivity contribution in [3.8, 4) is 27.9 Å². The molecule has 1 saturated carbocycles. The van der Waals surface area contributed by atoms with Crippen LogP contribution in [0.3, 0.4) is 0 Å². The van der Waals surface area contributed by atoms with E-state index in [1.165, 1.54) is 12.1 Å². The van der Waals surface area contributed by atoms with Gasteiger partial charge in [0.2, 0.25) is 5.91 Å². The fourth-order valence-electron chi connectivity index (χ4n) is 5.80. The summed E-state index contributed by atoms with van der Waals surface area (Å²) in [7, 11) is 0. The number of halogens is 1. The lowest BCUT2D eigenvalue weighted by atomic mass is 9.89. The van der Waals surface area contributed by atoms with Crippen molar-refractivity contribution < 1.29 is 19.1 Å². The molecule has 6 nitrogen and oxygen atoms in total. The van der Waals surface area contributed by atoms with Crippen LogP contribution in [0.4, 0.5) is 10.1 Å². The normalized spacial score (nSPS) is 19.1. The number of carbonyl (C=O) groups excluding carboxylic acids is 1. The third-order valence-electron chi connectivity index (χ3n) is 7.90. The van der Waals surface area contributed by atoms with E-state index in [0.717, 1.165) is 27.9 Å². The summed E-state index contributed by atoms with van der Waals surface area (Å²) in [6.07, 6.45) is 4.17. The number of nitrogens with one attached hydrogen (secondary N) is 1. The topological polar surface area (TPSA) is 84.2 Å². The monoisotopic (exact) mass is 515 g/mol. The first-order valence-corrected chi connectivity index (χ1v) is 12.6. The van der Waals surface area contributed by atoms with E-state index in [1.807, 2.05) is 66.9 Å². The number of nitrogens with zero attached hydrogens (tertiary/aromatic N) is 2. The summed E-state index contributed by atoms with van der Waals surface area (Å²) >= 11 is 0. The molecule has 2 unspecified atom stereocenters. The Balaban J connectivity index is 1.20. The molecule has 2 aliphatic rings. The van der Waals surface area contributed by atoms with Gasteiger partial charge in [-0.2, -0.15) is 5.10 Å². The van der Waals surface area contributed by atoms with Crippen molar-refractivity contribution in [1.82, 2.24) is 9.78 Å². The molecule has 1 aliphatic carbocycles. The second-order valence-electron chi connectivity index (χ2n) is 10.1. The minimum absolute atomic E-state index is 0.163. The first-order valence-electron chi connectivity index (χ1n) is 12.6. The van der Waals surface area contributed by atoms with Crippen LogP contribution >= 0.6 is 0 Å². The van der Waals surface area contributed by atoms with Gasteiger partial charge in [0, 0.05) is 29.6 Å². The largest absolute Gasteiger partial charge is 0.478 e. The minimum Gasteiger partial charge on any atom is -0.478 e. The lowest BCUT2D eigenvalue weighted by molar-refractivity contribution is -0.118. The van der Waals surface area contributed by atoms with Crippen LogP contribution in [-0.2, 0) is 10.2 Å². The lowest BCUT2D eigenvalue weighted by Crippen LogP contribution is -2.21. The number of fused-ring (bicyclic) bond motifs is 2. The van der Waals surface area contributed by atoms with Crippen molar-refractivity contribution >= 4 is 17.6 Å². The van der Waals surface area contributed by atoms with E-state index >= 15 is 4.39 Å². The summed E-state index contributed by atoms with van der Waals surface area (Å²) in [6, 6.07) is 27.5. The zero-order valence-electron chi connectivity index (χ0n) is 20.6. The van der Waals surface area contributed by atoms with Crippen LogP contribution in [-0.4, -0.2) is 26.8 Å². The molecular weight excluding hydrogens is 493 g/mol. The quantitative estimate of drug-likeness (QED) is 0.283. The van der Waals surface area contributed by atoms with Crippen LogP contribution in [0, 0.1) is 5.82 Å². The number of carbonyl (C=O) groups is 2. The summed E-state index contributed by atoms with van der Waals surface area (Å²) in [4.78, 5) is 24.6. The average Bonchev–Trinajstić information content (AvgIpc) is 3.34. The van der Waals surface area contributed by atoms with Gasteiger partial charge in [-0.1, -0.05) is 48.5 Å². The maximum Gasteiger partial charge on any atom is 0.335 e. The van der Waals surface area contributed by atoms with Gasteiger partial charge >= 0.3 is 5.97 Å². The smallest absolute Gasteiger partial charge is 0.335 e. The van der Waals surface area contributed by atoms with E-state index in [-0.39, 0.29) is 17.4 Å². The molecule has 1 spiro atoms. The Morgan fingerprint density at radius 2 is 1.67 bits per heavy atom. The molecule has 2 atom stereocenters. The molecule has 1 fully saturated rings. The third kappa shape index (κ3) is 3.66. The number of amides is 1. The Kier molecular flexibility index (Phi) is 5.03. The molecule has 1 aliphatic heterocycles. The van der Waals surface area contributed by atoms with Crippen LogP contribution < -0.4 is 5.32 Å². The van der Waals surface area contributed by atoms with E-state index < -0.39 is 17.2 Å². The van der Waals surface area contributed by atoms with Crippen molar-refractivity contribution in [2.24, 2.45) is 0 Å². The van der Waals surface area contributed by atoms with Crippen LogP contribution in [0.5, 0.6) is 0 Å². The number of carboxylic acid groups (broad SMARTS) is 1. The summed E-state index contributed by atoms with van der Waals surface area (Å²) in [6.45, 7) is 0. The zero-order valence-corrected chi connectivity index (χ0v) is 20.6. The van der Waals surface area contributed by atoms with Gasteiger partial charge in [0.05, 0.1) is 16.7 Å². The van der Waals surface area contributed by atoms with Gasteiger partial charge in [-0.25, -0.2) is 13.9 Å². The molecule has 0 saturated heterocycles. The van der Waals surface area contributed by atoms with Gasteiger partial charge in [0.1, 0.15) is 5.82 Å². The summed E-state index contributed by atoms with van der Waals surface area (Å²) in [5, 5.41) is 16.5. The predicted molar refractivity (Wildman–Crippen MR) is 145 cm³/mol. The molecule has 0 radical (unpaired) electrons. The molecular formula is C32H22FN3O3. The number of aromatic carboxylic acids is 1. The van der Waals surface area contributed by atoms with Gasteiger partial charge in [0.25, 0.3) is 0 Å². The van der Waals surface area contributed by atoms with Crippen molar-refractivity contribution in [3.05, 3.63) is 126 Å². The van der Waals surface area contributed by atoms with Gasteiger partial charge in [-0.05, 0) is 76.7 Å². The van der Waals surface area contributed by atoms with Crippen molar-refractivity contribution in [2.75, 3.05) is 5.32 Å². The molecule has 7 rings (SSSR count). The van der Waals surface area contributed by atoms with Crippen molar-refractivity contribution in [1.29, 1.82) is 0 Å². The molecule has 1 amide bonds. The molecule has 39 heavy (non-hydrogen) atoms. The van der Waals surface area contributed by atoms with E-state index in [9.17, 15) is 14.7 Å². The Bertz CT molecular complexity index is 1760. The highest BCUT2D eigenvalue weighted by atomic mass is 19.1. The molecule has 0 bridgehead atoms. The first-order chi connectivity index (χ1) is 18.9. The Hall–Kier alpha value is -5.04. The highest BCUT2D eigenvalue weighted by molar-refractivity contribution is 6.10. The summed E-state index contributed by atoms with van der Waals surface area (Å²) < 4.78 is 17.1. The van der Waals surface area contributed by atoms with E-state index in [0.29, 0.717) is 23.2 Å². The number of aromatic nitrogens is 2. The Morgan fingerprint density at radius 1 is 0.949 bits per heavy atom. The molecule has 2 heterocycles. The molecule has 1 aromatic heterocycles. The minimum atomic E-state index is -1.01. The number of rotatable bonds is 5. The van der Waals surface area contributed by atoms with Gasteiger partial charge in [0.15, 0.2) is 0 Å². The standard InChI is InChI=1S/C32H22FN3O3/c33-28-17-29-26(32(31(39)35-29)18-27(32)22-3-1-4-23(15-22)30(37)38)16-25(28)21-7-5-19(6-8-21)20-9-11-24(12-10-20)36-14-2-13-34-36/h1-17,27H,18H2,(H,35,39)(H,37,38). The highest BCUT2D eigenvalue weighted by Gasteiger charge is 2.65. The van der Waals surface area contributed by atoms with Gasteiger partial charge in [-0.15, -0.1) is 0 Å². The van der Waals surface area contributed by atoms with Crippen LogP contribution in [0.2, 0.25) is 0 Å². The van der Waals surface area contributed by atoms with Gasteiger partial charge in [-0.3, -0.25) is 4.79 Å². The zero-order chi connectivity index (χ0) is 26.7. The van der Waals surface area contributed by atoms with Crippen molar-refractivity contribution in [3.63, 3.8) is 0 Å². The average molecular weight is 516 g/mol. The van der Waals surface area contributed by atoms with E-state index in [4.69, 9.17) is 0 Å². The molecule has 5 aromatic rings. The number of benzene rings is 4. The fourth-order valence-corrected chi connectivity index (χ4v) is 5.80. The molecule has 4 aromatic carbocycles. The fraction of sp³-hybridized carbons (Fsp3) is 0.0938. The molecule has 190 valence electrons. The van der Waals surface area contributed by atoms with Crippen LogP contribution in [0.25, 0.3) is 27.9 Å². The molecule has 2 N–H and O–H groups in total. The maximum absolute atomic E-state index is 15.3. The number of hydrogen-bond donors (Lipinski definition) is 2. The summed E-state index contributed by atoms with van der Waals surface area (Å²) in [5.74, 6) is -1.76. The number of hydrogen-bond acceptors (Lipinski definition) is 3. The Labute approximate surface area is 223 Å².